The predicted octanol–water partition coefficient (Wildman–Crippen LogP) is -0.351. The molecule has 5 heteroatoms. The van der Waals surface area contributed by atoms with E-state index in [1.54, 1.807) is 24.3 Å². The molecule has 1 heterocycles. The number of nitrogens with one attached hydrogen (secondary N) is 2. The minimum atomic E-state index is -0.205. The highest BCUT2D eigenvalue weighted by molar-refractivity contribution is 5.95. The summed E-state index contributed by atoms with van der Waals surface area (Å²) in [5, 5.41) is 14.0. The van der Waals surface area contributed by atoms with Crippen LogP contribution in [0.3, 0.4) is 0 Å². The lowest BCUT2D eigenvalue weighted by Crippen LogP contribution is -2.36. The number of carbonyl (C=O) groups is 2. The van der Waals surface area contributed by atoms with Crippen molar-refractivity contribution in [3.8, 4) is 11.8 Å². The van der Waals surface area contributed by atoms with Crippen molar-refractivity contribution in [2.24, 2.45) is 0 Å². The van der Waals surface area contributed by atoms with Gasteiger partial charge in [0.2, 0.25) is 5.91 Å². The molecule has 1 aliphatic heterocycles. The van der Waals surface area contributed by atoms with Crippen LogP contribution >= 0.6 is 0 Å². The van der Waals surface area contributed by atoms with E-state index in [1.807, 2.05) is 0 Å². The van der Waals surface area contributed by atoms with Crippen LogP contribution in [0.25, 0.3) is 0 Å². The van der Waals surface area contributed by atoms with E-state index in [1.165, 1.54) is 0 Å². The topological polar surface area (TPSA) is 78.4 Å². The van der Waals surface area contributed by atoms with Crippen LogP contribution in [-0.4, -0.2) is 36.1 Å². The summed E-state index contributed by atoms with van der Waals surface area (Å²) in [6, 6.07) is 6.63. The molecule has 2 rings (SSSR count). The number of hydrogen-bond donors (Lipinski definition) is 3. The summed E-state index contributed by atoms with van der Waals surface area (Å²) in [6.45, 7) is 0.287. The minimum absolute atomic E-state index is 0.0417. The number of hydrogen-bond acceptors (Lipinski definition) is 3. The fourth-order valence-electron chi connectivity index (χ4n) is 1.82. The Balaban J connectivity index is 1.97. The van der Waals surface area contributed by atoms with Gasteiger partial charge in [0.05, 0.1) is 6.04 Å². The van der Waals surface area contributed by atoms with Crippen molar-refractivity contribution in [3.63, 3.8) is 0 Å². The first-order chi connectivity index (χ1) is 9.19. The largest absolute Gasteiger partial charge is 0.384 e. The molecule has 1 aliphatic rings. The molecule has 0 aromatic heterocycles. The number of aliphatic hydroxyl groups excluding tert-OH is 1. The lowest BCUT2D eigenvalue weighted by atomic mass is 10.1. The van der Waals surface area contributed by atoms with Gasteiger partial charge in [-0.2, -0.15) is 0 Å². The third-order valence-corrected chi connectivity index (χ3v) is 2.77. The van der Waals surface area contributed by atoms with Crippen LogP contribution in [0.2, 0.25) is 0 Å². The van der Waals surface area contributed by atoms with Gasteiger partial charge in [-0.1, -0.05) is 11.8 Å². The Kier molecular flexibility index (Phi) is 4.16. The second kappa shape index (κ2) is 6.03. The normalized spacial score (nSPS) is 17.3. The molecule has 5 nitrogen and oxygen atoms in total. The highest BCUT2D eigenvalue weighted by Gasteiger charge is 2.23. The summed E-state index contributed by atoms with van der Waals surface area (Å²) < 4.78 is 0. The second-order valence-electron chi connectivity index (χ2n) is 4.22. The summed E-state index contributed by atoms with van der Waals surface area (Å²) in [7, 11) is 0. The van der Waals surface area contributed by atoms with Crippen molar-refractivity contribution in [1.82, 2.24) is 10.6 Å². The average molecular weight is 258 g/mol. The van der Waals surface area contributed by atoms with Crippen LogP contribution in [0.4, 0.5) is 0 Å². The van der Waals surface area contributed by atoms with Crippen LogP contribution in [0.15, 0.2) is 24.3 Å². The first-order valence-electron chi connectivity index (χ1n) is 5.96. The molecule has 0 bridgehead atoms. The van der Waals surface area contributed by atoms with Gasteiger partial charge < -0.3 is 15.7 Å². The fraction of sp³-hybridized carbons (Fsp3) is 0.286. The molecule has 98 valence electrons. The molecule has 1 saturated heterocycles. The molecule has 0 saturated carbocycles. The lowest BCUT2D eigenvalue weighted by Gasteiger charge is -2.10. The number of carbonyl (C=O) groups excluding carboxylic acids is 2. The van der Waals surface area contributed by atoms with Crippen molar-refractivity contribution in [2.45, 2.75) is 12.5 Å². The molecule has 0 aliphatic carbocycles. The molecule has 1 fully saturated rings. The van der Waals surface area contributed by atoms with Gasteiger partial charge in [-0.25, -0.2) is 0 Å². The number of rotatable bonds is 2. The molecule has 1 aromatic rings. The van der Waals surface area contributed by atoms with E-state index in [0.29, 0.717) is 18.5 Å². The zero-order valence-electron chi connectivity index (χ0n) is 10.3. The first-order valence-corrected chi connectivity index (χ1v) is 5.96. The van der Waals surface area contributed by atoms with Gasteiger partial charge in [0.15, 0.2) is 0 Å². The summed E-state index contributed by atoms with van der Waals surface area (Å²) in [5.74, 6) is 5.04. The molecule has 1 atom stereocenters. The SMILES string of the molecule is O=C1CC(NC(=O)c2ccc(C#CCO)cc2)CN1. The van der Waals surface area contributed by atoms with Gasteiger partial charge in [-0.3, -0.25) is 9.59 Å². The van der Waals surface area contributed by atoms with Gasteiger partial charge in [-0.05, 0) is 24.3 Å². The Morgan fingerprint density at radius 1 is 1.42 bits per heavy atom. The van der Waals surface area contributed by atoms with Crippen molar-refractivity contribution in [1.29, 1.82) is 0 Å². The number of aliphatic hydroxyl groups is 1. The third kappa shape index (κ3) is 3.57. The maximum Gasteiger partial charge on any atom is 0.251 e. The Morgan fingerprint density at radius 3 is 2.74 bits per heavy atom. The molecule has 0 radical (unpaired) electrons. The monoisotopic (exact) mass is 258 g/mol. The Bertz CT molecular complexity index is 540. The first kappa shape index (κ1) is 13.1. The minimum Gasteiger partial charge on any atom is -0.384 e. The smallest absolute Gasteiger partial charge is 0.251 e. The highest BCUT2D eigenvalue weighted by atomic mass is 16.2. The fourth-order valence-corrected chi connectivity index (χ4v) is 1.82. The van der Waals surface area contributed by atoms with Gasteiger partial charge in [0.25, 0.3) is 5.91 Å². The molecular formula is C14H14N2O3. The lowest BCUT2D eigenvalue weighted by molar-refractivity contribution is -0.119. The van der Waals surface area contributed by atoms with E-state index in [9.17, 15) is 9.59 Å². The predicted molar refractivity (Wildman–Crippen MR) is 69.3 cm³/mol. The highest BCUT2D eigenvalue weighted by Crippen LogP contribution is 2.05. The molecule has 0 spiro atoms. The number of benzene rings is 1. The van der Waals surface area contributed by atoms with Gasteiger partial charge in [0, 0.05) is 24.1 Å². The molecule has 19 heavy (non-hydrogen) atoms. The van der Waals surface area contributed by atoms with Crippen molar-refractivity contribution in [3.05, 3.63) is 35.4 Å². The van der Waals surface area contributed by atoms with Gasteiger partial charge >= 0.3 is 0 Å². The van der Waals surface area contributed by atoms with E-state index in [0.717, 1.165) is 5.56 Å². The maximum absolute atomic E-state index is 11.9. The maximum atomic E-state index is 11.9. The van der Waals surface area contributed by atoms with Crippen LogP contribution in [0.5, 0.6) is 0 Å². The summed E-state index contributed by atoms with van der Waals surface area (Å²) in [4.78, 5) is 22.9. The quantitative estimate of drug-likeness (QED) is 0.634. The van der Waals surface area contributed by atoms with Crippen molar-refractivity contribution >= 4 is 11.8 Å². The molecular weight excluding hydrogens is 244 g/mol. The molecule has 3 N–H and O–H groups in total. The van der Waals surface area contributed by atoms with Gasteiger partial charge in [-0.15, -0.1) is 0 Å². The standard InChI is InChI=1S/C14H14N2O3/c17-7-1-2-10-3-5-11(6-4-10)14(19)16-12-8-13(18)15-9-12/h3-6,12,17H,7-9H2,(H,15,18)(H,16,19). The molecule has 1 unspecified atom stereocenters. The zero-order chi connectivity index (χ0) is 13.7. The van der Waals surface area contributed by atoms with Crippen molar-refractivity contribution in [2.75, 3.05) is 13.2 Å². The van der Waals surface area contributed by atoms with Crippen LogP contribution < -0.4 is 10.6 Å². The Labute approximate surface area is 111 Å². The molecule has 2 amide bonds. The molecule has 1 aromatic carbocycles. The van der Waals surface area contributed by atoms with Crippen LogP contribution in [-0.2, 0) is 4.79 Å². The van der Waals surface area contributed by atoms with E-state index in [4.69, 9.17) is 5.11 Å². The van der Waals surface area contributed by atoms with E-state index in [2.05, 4.69) is 22.5 Å². The summed E-state index contributed by atoms with van der Waals surface area (Å²) >= 11 is 0. The third-order valence-electron chi connectivity index (χ3n) is 2.77. The Morgan fingerprint density at radius 2 is 2.16 bits per heavy atom. The van der Waals surface area contributed by atoms with Crippen LogP contribution in [0.1, 0.15) is 22.3 Å². The average Bonchev–Trinajstić information content (AvgIpc) is 2.82. The number of amides is 2. The van der Waals surface area contributed by atoms with Crippen molar-refractivity contribution < 1.29 is 14.7 Å². The second-order valence-corrected chi connectivity index (χ2v) is 4.22. The van der Waals surface area contributed by atoms with Gasteiger partial charge in [0.1, 0.15) is 6.61 Å². The van der Waals surface area contributed by atoms with E-state index >= 15 is 0 Å². The Hall–Kier alpha value is -2.32. The summed E-state index contributed by atoms with van der Waals surface area (Å²) in [5.41, 5.74) is 1.26. The van der Waals surface area contributed by atoms with Crippen LogP contribution in [0, 0.1) is 11.8 Å². The summed E-state index contributed by atoms with van der Waals surface area (Å²) in [6.07, 6.45) is 0.325. The zero-order valence-corrected chi connectivity index (χ0v) is 10.3. The van der Waals surface area contributed by atoms with E-state index < -0.39 is 0 Å². The van der Waals surface area contributed by atoms with E-state index in [-0.39, 0.29) is 24.5 Å².